The number of carboxylic acids is 1. The Balaban J connectivity index is 1.62. The number of aliphatic hydroxyl groups is 1. The zero-order valence-corrected chi connectivity index (χ0v) is 10.8. The molecule has 0 aromatic carbocycles. The van der Waals surface area contributed by atoms with Crippen molar-refractivity contribution in [2.45, 2.75) is 50.3 Å². The first-order chi connectivity index (χ1) is 9.04. The summed E-state index contributed by atoms with van der Waals surface area (Å²) in [7, 11) is 0. The maximum atomic E-state index is 12.2. The number of carbonyl (C=O) groups excluding carboxylic acids is 1. The van der Waals surface area contributed by atoms with Crippen molar-refractivity contribution in [3.8, 4) is 0 Å². The van der Waals surface area contributed by atoms with Gasteiger partial charge in [-0.2, -0.15) is 0 Å². The van der Waals surface area contributed by atoms with Crippen LogP contribution >= 0.6 is 0 Å². The molecule has 2 bridgehead atoms. The molecule has 3 unspecified atom stereocenters. The molecule has 2 amide bonds. The van der Waals surface area contributed by atoms with Crippen molar-refractivity contribution in [1.29, 1.82) is 0 Å². The molecule has 3 N–H and O–H groups in total. The van der Waals surface area contributed by atoms with Crippen molar-refractivity contribution >= 4 is 12.0 Å². The Morgan fingerprint density at radius 1 is 1.16 bits per heavy atom. The highest BCUT2D eigenvalue weighted by molar-refractivity contribution is 5.83. The van der Waals surface area contributed by atoms with Crippen molar-refractivity contribution in [2.24, 2.45) is 11.8 Å². The van der Waals surface area contributed by atoms with E-state index in [2.05, 4.69) is 5.32 Å². The summed E-state index contributed by atoms with van der Waals surface area (Å²) in [5, 5.41) is 21.6. The zero-order valence-electron chi connectivity index (χ0n) is 10.8. The Kier molecular flexibility index (Phi) is 3.12. The van der Waals surface area contributed by atoms with Gasteiger partial charge in [-0.1, -0.05) is 6.42 Å². The van der Waals surface area contributed by atoms with Gasteiger partial charge >= 0.3 is 12.0 Å². The highest BCUT2D eigenvalue weighted by atomic mass is 16.4. The first-order valence-corrected chi connectivity index (χ1v) is 7.02. The molecule has 0 aromatic heterocycles. The van der Waals surface area contributed by atoms with Gasteiger partial charge in [0.25, 0.3) is 0 Å². The molecule has 5 atom stereocenters. The number of urea groups is 1. The lowest BCUT2D eigenvalue weighted by Gasteiger charge is -2.28. The van der Waals surface area contributed by atoms with Crippen molar-refractivity contribution in [3.63, 3.8) is 0 Å². The number of fused-ring (bicyclic) bond motifs is 2. The monoisotopic (exact) mass is 268 g/mol. The largest absolute Gasteiger partial charge is 0.480 e. The second-order valence-corrected chi connectivity index (χ2v) is 6.13. The van der Waals surface area contributed by atoms with Gasteiger partial charge in [0, 0.05) is 19.0 Å². The van der Waals surface area contributed by atoms with E-state index in [0.717, 1.165) is 12.3 Å². The molecular weight excluding hydrogens is 248 g/mol. The number of aliphatic hydroxyl groups excluding tert-OH is 1. The maximum absolute atomic E-state index is 12.2. The SMILES string of the molecule is O=C(O)[C@H]1C[C@@H](O)CN1C(=O)NC1CC2CCC1C2. The van der Waals surface area contributed by atoms with E-state index in [-0.39, 0.29) is 25.0 Å². The van der Waals surface area contributed by atoms with Crippen molar-refractivity contribution in [3.05, 3.63) is 0 Å². The minimum atomic E-state index is -1.04. The summed E-state index contributed by atoms with van der Waals surface area (Å²) in [5.74, 6) is 0.249. The zero-order chi connectivity index (χ0) is 13.6. The molecule has 0 radical (unpaired) electrons. The normalized spacial score (nSPS) is 40.7. The number of nitrogens with zero attached hydrogens (tertiary/aromatic N) is 1. The highest BCUT2D eigenvalue weighted by Crippen LogP contribution is 2.44. The van der Waals surface area contributed by atoms with E-state index < -0.39 is 18.1 Å². The van der Waals surface area contributed by atoms with Gasteiger partial charge in [0.15, 0.2) is 0 Å². The third kappa shape index (κ3) is 2.29. The van der Waals surface area contributed by atoms with Crippen molar-refractivity contribution in [1.82, 2.24) is 10.2 Å². The molecule has 2 saturated carbocycles. The molecule has 19 heavy (non-hydrogen) atoms. The van der Waals surface area contributed by atoms with Gasteiger partial charge in [-0.3, -0.25) is 0 Å². The molecule has 106 valence electrons. The molecule has 3 fully saturated rings. The summed E-state index contributed by atoms with van der Waals surface area (Å²) < 4.78 is 0. The lowest BCUT2D eigenvalue weighted by Crippen LogP contribution is -2.50. The van der Waals surface area contributed by atoms with E-state index in [1.165, 1.54) is 24.2 Å². The van der Waals surface area contributed by atoms with E-state index in [1.807, 2.05) is 0 Å². The lowest BCUT2D eigenvalue weighted by molar-refractivity contribution is -0.141. The van der Waals surface area contributed by atoms with Gasteiger partial charge in [-0.25, -0.2) is 9.59 Å². The Bertz CT molecular complexity index is 400. The van der Waals surface area contributed by atoms with Crippen LogP contribution in [0.2, 0.25) is 0 Å². The summed E-state index contributed by atoms with van der Waals surface area (Å²) in [5.41, 5.74) is 0. The van der Waals surface area contributed by atoms with Gasteiger partial charge in [-0.15, -0.1) is 0 Å². The Morgan fingerprint density at radius 3 is 2.53 bits per heavy atom. The molecule has 1 heterocycles. The number of aliphatic carboxylic acids is 1. The number of nitrogens with one attached hydrogen (secondary N) is 1. The Morgan fingerprint density at radius 2 is 1.95 bits per heavy atom. The average molecular weight is 268 g/mol. The van der Waals surface area contributed by atoms with Gasteiger partial charge in [0.05, 0.1) is 6.10 Å². The standard InChI is InChI=1S/C13H20N2O4/c16-9-5-11(12(17)18)15(6-9)13(19)14-10-4-7-1-2-8(10)3-7/h7-11,16H,1-6H2,(H,14,19)(H,17,18)/t7?,8?,9-,10?,11-/m1/s1. The van der Waals surface area contributed by atoms with Gasteiger partial charge in [0.1, 0.15) is 6.04 Å². The molecule has 3 rings (SSSR count). The maximum Gasteiger partial charge on any atom is 0.326 e. The number of amides is 2. The number of rotatable bonds is 2. The minimum absolute atomic E-state index is 0.115. The van der Waals surface area contributed by atoms with E-state index >= 15 is 0 Å². The first-order valence-electron chi connectivity index (χ1n) is 7.02. The van der Waals surface area contributed by atoms with Crippen LogP contribution in [0, 0.1) is 11.8 Å². The highest BCUT2D eigenvalue weighted by Gasteiger charge is 2.43. The quantitative estimate of drug-likeness (QED) is 0.676. The minimum Gasteiger partial charge on any atom is -0.480 e. The third-order valence-electron chi connectivity index (χ3n) is 4.87. The van der Waals surface area contributed by atoms with Crippen LogP contribution in [0.1, 0.15) is 32.1 Å². The third-order valence-corrected chi connectivity index (χ3v) is 4.87. The van der Waals surface area contributed by atoms with Gasteiger partial charge in [-0.05, 0) is 31.1 Å². The smallest absolute Gasteiger partial charge is 0.326 e. The fraction of sp³-hybridized carbons (Fsp3) is 0.846. The van der Waals surface area contributed by atoms with Crippen LogP contribution in [0.3, 0.4) is 0 Å². The van der Waals surface area contributed by atoms with Gasteiger partial charge < -0.3 is 20.4 Å². The summed E-state index contributed by atoms with van der Waals surface area (Å²) in [6, 6.07) is -1.03. The number of hydrogen-bond donors (Lipinski definition) is 3. The van der Waals surface area contributed by atoms with Crippen LogP contribution in [0.25, 0.3) is 0 Å². The van der Waals surface area contributed by atoms with Crippen LogP contribution in [-0.2, 0) is 4.79 Å². The first kappa shape index (κ1) is 12.7. The fourth-order valence-electron chi connectivity index (χ4n) is 3.94. The van der Waals surface area contributed by atoms with E-state index in [4.69, 9.17) is 5.11 Å². The van der Waals surface area contributed by atoms with Crippen LogP contribution in [0.5, 0.6) is 0 Å². The number of carbonyl (C=O) groups is 2. The molecule has 3 aliphatic rings. The molecule has 6 heteroatoms. The molecule has 2 aliphatic carbocycles. The molecule has 1 saturated heterocycles. The molecular formula is C13H20N2O4. The number of likely N-dealkylation sites (tertiary alicyclic amines) is 1. The number of hydrogen-bond acceptors (Lipinski definition) is 3. The average Bonchev–Trinajstić information content (AvgIpc) is 3.02. The number of carboxylic acid groups (broad SMARTS) is 1. The topological polar surface area (TPSA) is 89.9 Å². The predicted octanol–water partition coefficient (Wildman–Crippen LogP) is 0.404. The van der Waals surface area contributed by atoms with Gasteiger partial charge in [0.2, 0.25) is 0 Å². The summed E-state index contributed by atoms with van der Waals surface area (Å²) in [4.78, 5) is 24.5. The summed E-state index contributed by atoms with van der Waals surface area (Å²) in [6.45, 7) is 0.115. The summed E-state index contributed by atoms with van der Waals surface area (Å²) >= 11 is 0. The van der Waals surface area contributed by atoms with Crippen LogP contribution in [-0.4, -0.2) is 51.8 Å². The van der Waals surface area contributed by atoms with E-state index in [1.54, 1.807) is 0 Å². The fourth-order valence-corrected chi connectivity index (χ4v) is 3.94. The van der Waals surface area contributed by atoms with E-state index in [9.17, 15) is 14.7 Å². The molecule has 0 spiro atoms. The molecule has 6 nitrogen and oxygen atoms in total. The predicted molar refractivity (Wildman–Crippen MR) is 66.5 cm³/mol. The van der Waals surface area contributed by atoms with Crippen LogP contribution < -0.4 is 5.32 Å². The second kappa shape index (κ2) is 4.67. The lowest BCUT2D eigenvalue weighted by atomic mass is 9.95. The van der Waals surface area contributed by atoms with Crippen LogP contribution in [0.4, 0.5) is 4.79 Å². The number of β-amino-alcohol motifs (C(OH)–C–C–N with tert-alkyl or cyclic N) is 1. The second-order valence-electron chi connectivity index (χ2n) is 6.13. The molecule has 1 aliphatic heterocycles. The Hall–Kier alpha value is -1.30. The van der Waals surface area contributed by atoms with Crippen molar-refractivity contribution in [2.75, 3.05) is 6.54 Å². The Labute approximate surface area is 111 Å². The van der Waals surface area contributed by atoms with E-state index in [0.29, 0.717) is 5.92 Å². The van der Waals surface area contributed by atoms with Crippen LogP contribution in [0.15, 0.2) is 0 Å². The van der Waals surface area contributed by atoms with Crippen molar-refractivity contribution < 1.29 is 19.8 Å². The molecule has 0 aromatic rings. The summed E-state index contributed by atoms with van der Waals surface area (Å²) in [6.07, 6.45) is 4.03.